The number of esters is 1. The van der Waals surface area contributed by atoms with Crippen LogP contribution >= 0.6 is 11.6 Å². The second kappa shape index (κ2) is 13.6. The van der Waals surface area contributed by atoms with Crippen LogP contribution in [0.5, 0.6) is 0 Å². The molecule has 200 valence electrons. The number of ether oxygens (including phenoxy) is 1. The van der Waals surface area contributed by atoms with Gasteiger partial charge in [0.25, 0.3) is 8.32 Å². The zero-order valence-corrected chi connectivity index (χ0v) is 24.2. The Balaban J connectivity index is 1.97. The molecule has 0 fully saturated rings. The van der Waals surface area contributed by atoms with Crippen LogP contribution in [-0.4, -0.2) is 39.4 Å². The van der Waals surface area contributed by atoms with Gasteiger partial charge in [0.2, 0.25) is 5.91 Å². The van der Waals surface area contributed by atoms with Crippen LogP contribution in [0.4, 0.5) is 0 Å². The van der Waals surface area contributed by atoms with E-state index in [-0.39, 0.29) is 24.2 Å². The molecule has 0 saturated carbocycles. The maximum absolute atomic E-state index is 13.1. The minimum atomic E-state index is -2.86. The highest BCUT2D eigenvalue weighted by Crippen LogP contribution is 2.36. The Morgan fingerprint density at radius 1 is 0.895 bits per heavy atom. The van der Waals surface area contributed by atoms with Gasteiger partial charge >= 0.3 is 5.97 Å². The first-order chi connectivity index (χ1) is 18.2. The standard InChI is InChI=1S/C31H36ClNO4Si/c1-5-36-28(34)22-21-25(33-30(35)29(32)24-15-9-6-10-16-24)23-37-38(31(2,3)4,26-17-11-7-12-18-26)27-19-13-8-14-20-27/h6-22,25,29H,5,23H2,1-4H3,(H,33,35)/b22-21+. The lowest BCUT2D eigenvalue weighted by Gasteiger charge is -2.43. The van der Waals surface area contributed by atoms with Crippen LogP contribution in [0.1, 0.15) is 38.6 Å². The lowest BCUT2D eigenvalue weighted by Crippen LogP contribution is -2.67. The summed E-state index contributed by atoms with van der Waals surface area (Å²) in [5, 5.41) is 4.09. The molecule has 3 aromatic carbocycles. The first-order valence-corrected chi connectivity index (χ1v) is 15.1. The normalized spacial score (nSPS) is 13.6. The highest BCUT2D eigenvalue weighted by molar-refractivity contribution is 6.99. The van der Waals surface area contributed by atoms with Gasteiger partial charge in [0.05, 0.1) is 19.3 Å². The van der Waals surface area contributed by atoms with E-state index in [4.69, 9.17) is 20.8 Å². The fourth-order valence-corrected chi connectivity index (χ4v) is 9.33. The van der Waals surface area contributed by atoms with E-state index in [9.17, 15) is 9.59 Å². The van der Waals surface area contributed by atoms with Crippen LogP contribution in [0, 0.1) is 0 Å². The second-order valence-electron chi connectivity index (χ2n) is 9.97. The molecule has 2 unspecified atom stereocenters. The lowest BCUT2D eigenvalue weighted by atomic mass is 10.1. The Kier molecular flexibility index (Phi) is 10.5. The van der Waals surface area contributed by atoms with Crippen molar-refractivity contribution in [2.45, 2.75) is 44.2 Å². The number of carbonyl (C=O) groups excluding carboxylic acids is 2. The molecular formula is C31H36ClNO4Si. The van der Waals surface area contributed by atoms with Gasteiger partial charge in [-0.25, -0.2) is 4.79 Å². The van der Waals surface area contributed by atoms with E-state index >= 15 is 0 Å². The van der Waals surface area contributed by atoms with Gasteiger partial charge in [-0.3, -0.25) is 4.79 Å². The fraction of sp³-hybridized carbons (Fsp3) is 0.290. The van der Waals surface area contributed by atoms with E-state index in [0.29, 0.717) is 5.56 Å². The molecule has 7 heteroatoms. The number of benzene rings is 3. The van der Waals surface area contributed by atoms with E-state index in [0.717, 1.165) is 10.4 Å². The van der Waals surface area contributed by atoms with Crippen molar-refractivity contribution in [3.63, 3.8) is 0 Å². The zero-order chi connectivity index (χ0) is 27.6. The summed E-state index contributed by atoms with van der Waals surface area (Å²) in [5.41, 5.74) is 0.688. The van der Waals surface area contributed by atoms with Gasteiger partial charge in [-0.05, 0) is 27.9 Å². The van der Waals surface area contributed by atoms with Crippen molar-refractivity contribution in [3.05, 3.63) is 109 Å². The summed E-state index contributed by atoms with van der Waals surface area (Å²) < 4.78 is 12.0. The molecule has 1 N–H and O–H groups in total. The third-order valence-corrected chi connectivity index (χ3v) is 11.8. The molecule has 0 aliphatic heterocycles. The summed E-state index contributed by atoms with van der Waals surface area (Å²) in [6.07, 6.45) is 2.94. The Labute approximate surface area is 232 Å². The van der Waals surface area contributed by atoms with Gasteiger partial charge in [0.1, 0.15) is 5.38 Å². The van der Waals surface area contributed by atoms with Gasteiger partial charge in [-0.15, -0.1) is 11.6 Å². The predicted molar refractivity (Wildman–Crippen MR) is 156 cm³/mol. The molecule has 0 aliphatic rings. The van der Waals surface area contributed by atoms with Crippen molar-refractivity contribution in [3.8, 4) is 0 Å². The highest BCUT2D eigenvalue weighted by Gasteiger charge is 2.50. The average Bonchev–Trinajstić information content (AvgIpc) is 2.92. The van der Waals surface area contributed by atoms with Crippen molar-refractivity contribution in [1.82, 2.24) is 5.32 Å². The quantitative estimate of drug-likeness (QED) is 0.155. The van der Waals surface area contributed by atoms with Crippen LogP contribution in [0.25, 0.3) is 0 Å². The fourth-order valence-electron chi connectivity index (χ4n) is 4.54. The Bertz CT molecular complexity index is 1160. The first kappa shape index (κ1) is 29.4. The number of hydrogen-bond acceptors (Lipinski definition) is 4. The van der Waals surface area contributed by atoms with Crippen LogP contribution in [0.2, 0.25) is 5.04 Å². The molecule has 2 atom stereocenters. The topological polar surface area (TPSA) is 64.6 Å². The SMILES string of the molecule is CCOC(=O)/C=C/C(CO[Si](c1ccccc1)(c1ccccc1)C(C)(C)C)NC(=O)C(Cl)c1ccccc1. The molecule has 3 aromatic rings. The minimum Gasteiger partial charge on any atom is -0.463 e. The van der Waals surface area contributed by atoms with E-state index in [1.165, 1.54) is 6.08 Å². The Hall–Kier alpha value is -3.19. The van der Waals surface area contributed by atoms with Crippen molar-refractivity contribution in [1.29, 1.82) is 0 Å². The molecule has 5 nitrogen and oxygen atoms in total. The van der Waals surface area contributed by atoms with E-state index in [2.05, 4.69) is 50.4 Å². The lowest BCUT2D eigenvalue weighted by molar-refractivity contribution is -0.137. The molecular weight excluding hydrogens is 514 g/mol. The molecule has 0 spiro atoms. The van der Waals surface area contributed by atoms with Crippen LogP contribution in [0.15, 0.2) is 103 Å². The molecule has 0 saturated heterocycles. The molecule has 0 heterocycles. The molecule has 3 rings (SSSR count). The largest absolute Gasteiger partial charge is 0.463 e. The molecule has 0 aromatic heterocycles. The van der Waals surface area contributed by atoms with Crippen molar-refractivity contribution in [2.75, 3.05) is 13.2 Å². The molecule has 38 heavy (non-hydrogen) atoms. The number of rotatable bonds is 11. The van der Waals surface area contributed by atoms with Gasteiger partial charge in [-0.2, -0.15) is 0 Å². The summed E-state index contributed by atoms with van der Waals surface area (Å²) >= 11 is 6.51. The van der Waals surface area contributed by atoms with E-state index in [1.807, 2.05) is 54.6 Å². The van der Waals surface area contributed by atoms with Crippen molar-refractivity contribution in [2.24, 2.45) is 0 Å². The van der Waals surface area contributed by atoms with Gasteiger partial charge in [-0.1, -0.05) is 118 Å². The number of nitrogens with one attached hydrogen (secondary N) is 1. The van der Waals surface area contributed by atoms with Crippen LogP contribution in [-0.2, 0) is 18.8 Å². The number of hydrogen-bond donors (Lipinski definition) is 1. The van der Waals surface area contributed by atoms with E-state index < -0.39 is 25.7 Å². The first-order valence-electron chi connectivity index (χ1n) is 12.8. The number of amides is 1. The highest BCUT2D eigenvalue weighted by atomic mass is 35.5. The smallest absolute Gasteiger partial charge is 0.330 e. The summed E-state index contributed by atoms with van der Waals surface area (Å²) in [5.74, 6) is -0.856. The third kappa shape index (κ3) is 7.22. The summed E-state index contributed by atoms with van der Waals surface area (Å²) in [6, 6.07) is 29.0. The number of halogens is 1. The van der Waals surface area contributed by atoms with Gasteiger partial charge in [0, 0.05) is 6.08 Å². The number of alkyl halides is 1. The number of carbonyl (C=O) groups is 2. The maximum Gasteiger partial charge on any atom is 0.330 e. The maximum atomic E-state index is 13.1. The molecule has 0 aliphatic carbocycles. The molecule has 0 bridgehead atoms. The van der Waals surface area contributed by atoms with Crippen molar-refractivity contribution >= 4 is 42.2 Å². The van der Waals surface area contributed by atoms with Crippen LogP contribution in [0.3, 0.4) is 0 Å². The predicted octanol–water partition coefficient (Wildman–Crippen LogP) is 5.15. The monoisotopic (exact) mass is 549 g/mol. The van der Waals surface area contributed by atoms with Crippen molar-refractivity contribution < 1.29 is 18.8 Å². The second-order valence-corrected chi connectivity index (χ2v) is 14.7. The van der Waals surface area contributed by atoms with E-state index in [1.54, 1.807) is 25.1 Å². The molecule has 1 amide bonds. The Morgan fingerprint density at radius 3 is 1.87 bits per heavy atom. The Morgan fingerprint density at radius 2 is 1.39 bits per heavy atom. The van der Waals surface area contributed by atoms with Gasteiger partial charge in [0.15, 0.2) is 0 Å². The summed E-state index contributed by atoms with van der Waals surface area (Å²) in [7, 11) is -2.86. The summed E-state index contributed by atoms with van der Waals surface area (Å²) in [6.45, 7) is 8.71. The summed E-state index contributed by atoms with van der Waals surface area (Å²) in [4.78, 5) is 25.3. The zero-order valence-electron chi connectivity index (χ0n) is 22.4. The van der Waals surface area contributed by atoms with Crippen LogP contribution < -0.4 is 15.7 Å². The third-order valence-electron chi connectivity index (χ3n) is 6.30. The minimum absolute atomic E-state index is 0.146. The van der Waals surface area contributed by atoms with Gasteiger partial charge < -0.3 is 14.5 Å². The molecule has 0 radical (unpaired) electrons. The average molecular weight is 550 g/mol.